The summed E-state index contributed by atoms with van der Waals surface area (Å²) in [6, 6.07) is 13.5. The molecule has 0 heterocycles. The molecule has 4 heteroatoms. The van der Waals surface area contributed by atoms with Gasteiger partial charge in [-0.2, -0.15) is 0 Å². The molecular weight excluding hydrogens is 284 g/mol. The molecule has 21 heavy (non-hydrogen) atoms. The van der Waals surface area contributed by atoms with Crippen LogP contribution in [0.2, 0.25) is 0 Å². The van der Waals surface area contributed by atoms with Gasteiger partial charge >= 0.3 is 0 Å². The number of halogens is 1. The molecule has 3 nitrogen and oxygen atoms in total. The predicted octanol–water partition coefficient (Wildman–Crippen LogP) is 3.30. The van der Waals surface area contributed by atoms with Crippen LogP contribution in [0.25, 0.3) is 0 Å². The summed E-state index contributed by atoms with van der Waals surface area (Å²) in [5.74, 6) is 0.481. The minimum absolute atomic E-state index is 0.00482. The average molecular weight is 303 g/mol. The third-order valence-corrected chi connectivity index (χ3v) is 3.67. The van der Waals surface area contributed by atoms with Crippen molar-refractivity contribution in [3.05, 3.63) is 64.7 Å². The zero-order chi connectivity index (χ0) is 15.4. The maximum Gasteiger partial charge on any atom is 0.253 e. The summed E-state index contributed by atoms with van der Waals surface area (Å²) < 4.78 is 0. The molecule has 0 saturated carbocycles. The van der Waals surface area contributed by atoms with Crippen LogP contribution in [0.15, 0.2) is 42.5 Å². The number of nitrogen functional groups attached to an aromatic ring is 1. The van der Waals surface area contributed by atoms with E-state index < -0.39 is 0 Å². The minimum atomic E-state index is 0.00482. The third kappa shape index (κ3) is 3.76. The van der Waals surface area contributed by atoms with E-state index in [1.54, 1.807) is 19.0 Å². The summed E-state index contributed by atoms with van der Waals surface area (Å²) in [4.78, 5) is 13.4. The van der Waals surface area contributed by atoms with E-state index in [-0.39, 0.29) is 5.91 Å². The molecule has 0 unspecified atom stereocenters. The van der Waals surface area contributed by atoms with Crippen molar-refractivity contribution >= 4 is 23.2 Å². The van der Waals surface area contributed by atoms with Gasteiger partial charge in [0.2, 0.25) is 0 Å². The molecule has 0 aromatic heterocycles. The Morgan fingerprint density at radius 2 is 1.71 bits per heavy atom. The zero-order valence-corrected chi connectivity index (χ0v) is 13.0. The van der Waals surface area contributed by atoms with Crippen LogP contribution >= 0.6 is 11.6 Å². The fraction of sp³-hybridized carbons (Fsp3) is 0.235. The van der Waals surface area contributed by atoms with Crippen molar-refractivity contribution < 1.29 is 4.79 Å². The molecular formula is C17H19ClN2O. The van der Waals surface area contributed by atoms with Crippen molar-refractivity contribution in [1.82, 2.24) is 4.90 Å². The first-order valence-electron chi connectivity index (χ1n) is 6.75. The molecule has 0 saturated heterocycles. The van der Waals surface area contributed by atoms with E-state index in [0.717, 1.165) is 28.8 Å². The van der Waals surface area contributed by atoms with E-state index >= 15 is 0 Å². The average Bonchev–Trinajstić information content (AvgIpc) is 2.49. The van der Waals surface area contributed by atoms with Crippen LogP contribution in [0.4, 0.5) is 5.69 Å². The summed E-state index contributed by atoms with van der Waals surface area (Å²) in [5.41, 5.74) is 10.7. The van der Waals surface area contributed by atoms with Gasteiger partial charge in [0.15, 0.2) is 0 Å². The van der Waals surface area contributed by atoms with Crippen molar-refractivity contribution in [2.24, 2.45) is 0 Å². The van der Waals surface area contributed by atoms with Gasteiger partial charge in [-0.1, -0.05) is 24.3 Å². The van der Waals surface area contributed by atoms with Crippen LogP contribution in [0, 0.1) is 0 Å². The van der Waals surface area contributed by atoms with Gasteiger partial charge in [0.05, 0.1) is 0 Å². The molecule has 2 aromatic carbocycles. The topological polar surface area (TPSA) is 46.3 Å². The van der Waals surface area contributed by atoms with Crippen LogP contribution in [-0.2, 0) is 12.3 Å². The Balaban J connectivity index is 2.19. The number of alkyl halides is 1. The second kappa shape index (κ2) is 6.64. The number of rotatable bonds is 4. The van der Waals surface area contributed by atoms with Gasteiger partial charge in [-0.05, 0) is 41.3 Å². The molecule has 110 valence electrons. The summed E-state index contributed by atoms with van der Waals surface area (Å²) in [6.07, 6.45) is 0.729. The summed E-state index contributed by atoms with van der Waals surface area (Å²) in [5, 5.41) is 0. The lowest BCUT2D eigenvalue weighted by molar-refractivity contribution is 0.0827. The lowest BCUT2D eigenvalue weighted by Gasteiger charge is -2.11. The maximum atomic E-state index is 11.8. The standard InChI is InChI=1S/C17H19ClN2O/c1-20(2)17(21)14-6-3-12(4-7-14)9-15-10-13(11-18)5-8-16(15)19/h3-8,10H,9,11,19H2,1-2H3. The SMILES string of the molecule is CN(C)C(=O)c1ccc(Cc2cc(CCl)ccc2N)cc1. The summed E-state index contributed by atoms with van der Waals surface area (Å²) >= 11 is 5.86. The summed E-state index contributed by atoms with van der Waals surface area (Å²) in [6.45, 7) is 0. The molecule has 0 aliphatic carbocycles. The fourth-order valence-electron chi connectivity index (χ4n) is 2.14. The van der Waals surface area contributed by atoms with Gasteiger partial charge in [-0.3, -0.25) is 4.79 Å². The normalized spacial score (nSPS) is 10.4. The van der Waals surface area contributed by atoms with E-state index in [9.17, 15) is 4.79 Å². The number of carbonyl (C=O) groups is 1. The molecule has 0 spiro atoms. The van der Waals surface area contributed by atoms with E-state index in [1.807, 2.05) is 42.5 Å². The third-order valence-electron chi connectivity index (χ3n) is 3.36. The smallest absolute Gasteiger partial charge is 0.253 e. The van der Waals surface area contributed by atoms with Gasteiger partial charge in [0.1, 0.15) is 0 Å². The van der Waals surface area contributed by atoms with Crippen LogP contribution in [0.5, 0.6) is 0 Å². The Bertz CT molecular complexity index is 636. The summed E-state index contributed by atoms with van der Waals surface area (Å²) in [7, 11) is 3.49. The fourth-order valence-corrected chi connectivity index (χ4v) is 2.30. The molecule has 0 fully saturated rings. The Labute approximate surface area is 130 Å². The molecule has 0 aliphatic rings. The van der Waals surface area contributed by atoms with Crippen molar-refractivity contribution in [2.45, 2.75) is 12.3 Å². The first-order valence-corrected chi connectivity index (χ1v) is 7.28. The van der Waals surface area contributed by atoms with Gasteiger partial charge in [-0.25, -0.2) is 0 Å². The number of hydrogen-bond donors (Lipinski definition) is 1. The number of carbonyl (C=O) groups excluding carboxylic acids is 1. The van der Waals surface area contributed by atoms with E-state index in [2.05, 4.69) is 0 Å². The number of nitrogens with zero attached hydrogens (tertiary/aromatic N) is 1. The number of benzene rings is 2. The Morgan fingerprint density at radius 3 is 2.29 bits per heavy atom. The number of hydrogen-bond acceptors (Lipinski definition) is 2. The molecule has 0 radical (unpaired) electrons. The Kier molecular flexibility index (Phi) is 4.86. The molecule has 2 N–H and O–H groups in total. The Hall–Kier alpha value is -2.00. The van der Waals surface area contributed by atoms with Gasteiger partial charge in [0, 0.05) is 31.2 Å². The molecule has 2 rings (SSSR count). The van der Waals surface area contributed by atoms with Crippen LogP contribution in [-0.4, -0.2) is 24.9 Å². The monoisotopic (exact) mass is 302 g/mol. The van der Waals surface area contributed by atoms with Gasteiger partial charge < -0.3 is 10.6 Å². The van der Waals surface area contributed by atoms with Crippen molar-refractivity contribution in [3.8, 4) is 0 Å². The van der Waals surface area contributed by atoms with Gasteiger partial charge in [0.25, 0.3) is 5.91 Å². The number of nitrogens with two attached hydrogens (primary N) is 1. The van der Waals surface area contributed by atoms with E-state index in [4.69, 9.17) is 17.3 Å². The van der Waals surface area contributed by atoms with Crippen LogP contribution in [0.1, 0.15) is 27.0 Å². The quantitative estimate of drug-likeness (QED) is 0.696. The van der Waals surface area contributed by atoms with Crippen molar-refractivity contribution in [1.29, 1.82) is 0 Å². The lowest BCUT2D eigenvalue weighted by atomic mass is 10.0. The van der Waals surface area contributed by atoms with Crippen molar-refractivity contribution in [3.63, 3.8) is 0 Å². The number of amides is 1. The molecule has 0 aliphatic heterocycles. The molecule has 1 amide bonds. The minimum Gasteiger partial charge on any atom is -0.398 e. The van der Waals surface area contributed by atoms with E-state index in [0.29, 0.717) is 11.4 Å². The highest BCUT2D eigenvalue weighted by molar-refractivity contribution is 6.17. The largest absolute Gasteiger partial charge is 0.398 e. The molecule has 0 bridgehead atoms. The second-order valence-corrected chi connectivity index (χ2v) is 5.51. The molecule has 0 atom stereocenters. The molecule has 2 aromatic rings. The lowest BCUT2D eigenvalue weighted by Crippen LogP contribution is -2.21. The maximum absolute atomic E-state index is 11.8. The van der Waals surface area contributed by atoms with Gasteiger partial charge in [-0.15, -0.1) is 11.6 Å². The highest BCUT2D eigenvalue weighted by Crippen LogP contribution is 2.20. The highest BCUT2D eigenvalue weighted by atomic mass is 35.5. The first kappa shape index (κ1) is 15.4. The predicted molar refractivity (Wildman–Crippen MR) is 87.7 cm³/mol. The first-order chi connectivity index (χ1) is 10.0. The number of anilines is 1. The van der Waals surface area contributed by atoms with Crippen LogP contribution in [0.3, 0.4) is 0 Å². The highest BCUT2D eigenvalue weighted by Gasteiger charge is 2.08. The van der Waals surface area contributed by atoms with Crippen molar-refractivity contribution in [2.75, 3.05) is 19.8 Å². The van der Waals surface area contributed by atoms with Crippen LogP contribution < -0.4 is 5.73 Å². The van der Waals surface area contributed by atoms with E-state index in [1.165, 1.54) is 0 Å². The zero-order valence-electron chi connectivity index (χ0n) is 12.3. The second-order valence-electron chi connectivity index (χ2n) is 5.24. The Morgan fingerprint density at radius 1 is 1.10 bits per heavy atom.